The zero-order valence-corrected chi connectivity index (χ0v) is 15.9. The lowest BCUT2D eigenvalue weighted by atomic mass is 9.95. The second-order valence-corrected chi connectivity index (χ2v) is 7.01. The van der Waals surface area contributed by atoms with Crippen molar-refractivity contribution in [2.75, 3.05) is 0 Å². The van der Waals surface area contributed by atoms with Gasteiger partial charge >= 0.3 is 5.97 Å². The summed E-state index contributed by atoms with van der Waals surface area (Å²) in [4.78, 5) is 24.2. The Labute approximate surface area is 163 Å². The molecule has 0 saturated carbocycles. The van der Waals surface area contributed by atoms with E-state index < -0.39 is 5.97 Å². The maximum atomic E-state index is 13.1. The molecular formula is C23H24O5. The van der Waals surface area contributed by atoms with Crippen molar-refractivity contribution in [2.45, 2.75) is 45.4 Å². The van der Waals surface area contributed by atoms with E-state index in [-0.39, 0.29) is 34.7 Å². The van der Waals surface area contributed by atoms with Crippen molar-refractivity contribution in [3.63, 3.8) is 0 Å². The minimum Gasteiger partial charge on any atom is -0.507 e. The summed E-state index contributed by atoms with van der Waals surface area (Å²) in [7, 11) is 0. The van der Waals surface area contributed by atoms with Gasteiger partial charge < -0.3 is 14.6 Å². The maximum absolute atomic E-state index is 13.1. The molecule has 0 fully saturated rings. The van der Waals surface area contributed by atoms with Crippen LogP contribution in [0.15, 0.2) is 47.1 Å². The summed E-state index contributed by atoms with van der Waals surface area (Å²) in [6.07, 6.45) is 6.75. The predicted octanol–water partition coefficient (Wildman–Crippen LogP) is 5.12. The van der Waals surface area contributed by atoms with Crippen LogP contribution in [0.3, 0.4) is 0 Å². The standard InChI is InChI=1S/C23H24O5/c1-2-3-4-5-6-15-7-9-16(10-8-15)21(26)20-22(27)18(14-19(24)25)13-17-11-12-28-23(17)20/h7-13,27H,2-6,14H2,1H3,(H,24,25). The van der Waals surface area contributed by atoms with E-state index in [1.807, 2.05) is 12.1 Å². The second kappa shape index (κ2) is 8.74. The van der Waals surface area contributed by atoms with E-state index >= 15 is 0 Å². The molecule has 0 aliphatic rings. The Morgan fingerprint density at radius 2 is 1.79 bits per heavy atom. The molecule has 5 heteroatoms. The number of aliphatic carboxylic acids is 1. The largest absolute Gasteiger partial charge is 0.507 e. The van der Waals surface area contributed by atoms with E-state index in [0.717, 1.165) is 12.8 Å². The zero-order valence-electron chi connectivity index (χ0n) is 15.9. The number of furan rings is 1. The first-order chi connectivity index (χ1) is 13.5. The monoisotopic (exact) mass is 380 g/mol. The van der Waals surface area contributed by atoms with Gasteiger partial charge in [-0.3, -0.25) is 9.59 Å². The number of phenols is 1. The summed E-state index contributed by atoms with van der Waals surface area (Å²) in [5.41, 5.74) is 2.06. The number of carboxylic acids is 1. The fourth-order valence-electron chi connectivity index (χ4n) is 3.39. The average Bonchev–Trinajstić information content (AvgIpc) is 3.13. The third-order valence-electron chi connectivity index (χ3n) is 4.90. The lowest BCUT2D eigenvalue weighted by Crippen LogP contribution is -2.07. The number of ketones is 1. The van der Waals surface area contributed by atoms with Crippen molar-refractivity contribution in [3.05, 3.63) is 64.9 Å². The number of aromatic hydroxyl groups is 1. The summed E-state index contributed by atoms with van der Waals surface area (Å²) < 4.78 is 5.40. The smallest absolute Gasteiger partial charge is 0.307 e. The highest BCUT2D eigenvalue weighted by molar-refractivity contribution is 6.17. The third kappa shape index (κ3) is 4.25. The Bertz CT molecular complexity index is 982. The lowest BCUT2D eigenvalue weighted by molar-refractivity contribution is -0.136. The normalized spacial score (nSPS) is 11.0. The molecule has 2 aromatic carbocycles. The van der Waals surface area contributed by atoms with Gasteiger partial charge in [0.05, 0.1) is 12.7 Å². The highest BCUT2D eigenvalue weighted by atomic mass is 16.4. The van der Waals surface area contributed by atoms with Crippen molar-refractivity contribution < 1.29 is 24.2 Å². The van der Waals surface area contributed by atoms with Gasteiger partial charge in [0.25, 0.3) is 0 Å². The average molecular weight is 380 g/mol. The molecule has 146 valence electrons. The zero-order chi connectivity index (χ0) is 20.1. The summed E-state index contributed by atoms with van der Waals surface area (Å²) in [5, 5.41) is 20.2. The molecule has 1 heterocycles. The molecule has 0 spiro atoms. The van der Waals surface area contributed by atoms with E-state index in [1.165, 1.54) is 31.1 Å². The lowest BCUT2D eigenvalue weighted by Gasteiger charge is -2.10. The van der Waals surface area contributed by atoms with Crippen LogP contribution in [0.4, 0.5) is 0 Å². The molecule has 0 aliphatic carbocycles. The Morgan fingerprint density at radius 1 is 1.04 bits per heavy atom. The predicted molar refractivity (Wildman–Crippen MR) is 107 cm³/mol. The maximum Gasteiger partial charge on any atom is 0.307 e. The van der Waals surface area contributed by atoms with E-state index in [2.05, 4.69) is 6.92 Å². The van der Waals surface area contributed by atoms with Crippen molar-refractivity contribution in [1.82, 2.24) is 0 Å². The van der Waals surface area contributed by atoms with Crippen LogP contribution in [0.2, 0.25) is 0 Å². The van der Waals surface area contributed by atoms with Gasteiger partial charge in [0.15, 0.2) is 0 Å². The van der Waals surface area contributed by atoms with Gasteiger partial charge in [-0.25, -0.2) is 0 Å². The Kier molecular flexibility index (Phi) is 6.14. The van der Waals surface area contributed by atoms with Crippen molar-refractivity contribution in [1.29, 1.82) is 0 Å². The van der Waals surface area contributed by atoms with Gasteiger partial charge in [-0.15, -0.1) is 0 Å². The molecule has 5 nitrogen and oxygen atoms in total. The number of rotatable bonds is 9. The molecular weight excluding hydrogens is 356 g/mol. The van der Waals surface area contributed by atoms with Crippen LogP contribution >= 0.6 is 0 Å². The number of phenolic OH excluding ortho intramolecular Hbond substituents is 1. The van der Waals surface area contributed by atoms with Crippen molar-refractivity contribution in [2.24, 2.45) is 0 Å². The minimum absolute atomic E-state index is 0.00875. The first-order valence-corrected chi connectivity index (χ1v) is 9.58. The first kappa shape index (κ1) is 19.7. The number of carbonyl (C=O) groups is 2. The quantitative estimate of drug-likeness (QED) is 0.397. The fraction of sp³-hybridized carbons (Fsp3) is 0.304. The molecule has 0 atom stereocenters. The highest BCUT2D eigenvalue weighted by Crippen LogP contribution is 2.34. The molecule has 3 aromatic rings. The van der Waals surface area contributed by atoms with Crippen LogP contribution < -0.4 is 0 Å². The van der Waals surface area contributed by atoms with Crippen LogP contribution in [0, 0.1) is 0 Å². The third-order valence-corrected chi connectivity index (χ3v) is 4.90. The summed E-state index contributed by atoms with van der Waals surface area (Å²) in [5.74, 6) is -1.80. The summed E-state index contributed by atoms with van der Waals surface area (Å²) in [6, 6.07) is 10.5. The molecule has 0 bridgehead atoms. The second-order valence-electron chi connectivity index (χ2n) is 7.01. The van der Waals surface area contributed by atoms with Crippen LogP contribution in [-0.2, 0) is 17.6 Å². The molecule has 0 saturated heterocycles. The topological polar surface area (TPSA) is 87.7 Å². The number of benzene rings is 2. The van der Waals surface area contributed by atoms with E-state index in [4.69, 9.17) is 9.52 Å². The molecule has 0 aliphatic heterocycles. The number of carboxylic acid groups (broad SMARTS) is 1. The Hall–Kier alpha value is -3.08. The van der Waals surface area contributed by atoms with Crippen molar-refractivity contribution >= 4 is 22.7 Å². The number of unbranched alkanes of at least 4 members (excludes halogenated alkanes) is 3. The fourth-order valence-corrected chi connectivity index (χ4v) is 3.39. The number of hydrogen-bond acceptors (Lipinski definition) is 4. The molecule has 1 aromatic heterocycles. The van der Waals surface area contributed by atoms with E-state index in [9.17, 15) is 14.7 Å². The van der Waals surface area contributed by atoms with Gasteiger partial charge in [-0.2, -0.15) is 0 Å². The number of fused-ring (bicyclic) bond motifs is 1. The van der Waals surface area contributed by atoms with E-state index in [0.29, 0.717) is 10.9 Å². The van der Waals surface area contributed by atoms with Crippen LogP contribution in [0.25, 0.3) is 11.0 Å². The summed E-state index contributed by atoms with van der Waals surface area (Å²) in [6.45, 7) is 2.18. The number of carbonyl (C=O) groups excluding carboxylic acids is 1. The first-order valence-electron chi connectivity index (χ1n) is 9.58. The van der Waals surface area contributed by atoms with Gasteiger partial charge in [0.1, 0.15) is 16.9 Å². The van der Waals surface area contributed by atoms with Gasteiger partial charge in [-0.05, 0) is 30.5 Å². The number of hydrogen-bond donors (Lipinski definition) is 2. The van der Waals surface area contributed by atoms with Crippen LogP contribution in [0.5, 0.6) is 5.75 Å². The Balaban J connectivity index is 1.89. The molecule has 3 rings (SSSR count). The number of aryl methyl sites for hydroxylation is 1. The molecule has 0 radical (unpaired) electrons. The molecule has 28 heavy (non-hydrogen) atoms. The molecule has 0 unspecified atom stereocenters. The Morgan fingerprint density at radius 3 is 2.46 bits per heavy atom. The molecule has 2 N–H and O–H groups in total. The van der Waals surface area contributed by atoms with Crippen LogP contribution in [0.1, 0.15) is 59.7 Å². The highest BCUT2D eigenvalue weighted by Gasteiger charge is 2.23. The summed E-state index contributed by atoms with van der Waals surface area (Å²) >= 11 is 0. The molecule has 0 amide bonds. The van der Waals surface area contributed by atoms with E-state index in [1.54, 1.807) is 24.3 Å². The van der Waals surface area contributed by atoms with Crippen LogP contribution in [-0.4, -0.2) is 22.0 Å². The van der Waals surface area contributed by atoms with Crippen molar-refractivity contribution in [3.8, 4) is 5.75 Å². The SMILES string of the molecule is CCCCCCc1ccc(C(=O)c2c(O)c(CC(=O)O)cc3ccoc23)cc1. The van der Waals surface area contributed by atoms with Gasteiger partial charge in [0, 0.05) is 16.5 Å². The minimum atomic E-state index is -1.08. The van der Waals surface area contributed by atoms with Gasteiger partial charge in [0.2, 0.25) is 5.78 Å². The van der Waals surface area contributed by atoms with Gasteiger partial charge in [-0.1, -0.05) is 50.5 Å².